The highest BCUT2D eigenvalue weighted by Crippen LogP contribution is 2.41. The quantitative estimate of drug-likeness (QED) is 0.367. The number of nitrogens with one attached hydrogen (secondary N) is 1. The van der Waals surface area contributed by atoms with Crippen molar-refractivity contribution in [1.29, 1.82) is 0 Å². The highest BCUT2D eigenvalue weighted by molar-refractivity contribution is 7.80. The Labute approximate surface area is 162 Å². The Kier molecular flexibility index (Phi) is 5.52. The number of methoxy groups -OCH3 is 1. The Balaban J connectivity index is 2.28. The standard InChI is InChI=1S/C18H16N2O7S/c1-26-18(23)11-9-13(19-28(24)25)17(27-12-5-3-2-4-6-12)14(10-11)20-15(21)7-8-16(20)22/h2-10,19,21-22H,1H3,(H,24,25). The van der Waals surface area contributed by atoms with Crippen molar-refractivity contribution < 1.29 is 33.2 Å². The number of nitrogens with zero attached hydrogens (tertiary/aromatic N) is 1. The predicted octanol–water partition coefficient (Wildman–Crippen LogP) is 3.02. The molecule has 0 saturated heterocycles. The summed E-state index contributed by atoms with van der Waals surface area (Å²) in [6.07, 6.45) is 0. The van der Waals surface area contributed by atoms with Crippen LogP contribution >= 0.6 is 0 Å². The molecule has 28 heavy (non-hydrogen) atoms. The van der Waals surface area contributed by atoms with Gasteiger partial charge in [-0.1, -0.05) is 18.2 Å². The highest BCUT2D eigenvalue weighted by Gasteiger charge is 2.22. The van der Waals surface area contributed by atoms with E-state index >= 15 is 0 Å². The molecule has 0 aliphatic carbocycles. The lowest BCUT2D eigenvalue weighted by atomic mass is 10.1. The van der Waals surface area contributed by atoms with E-state index in [0.717, 1.165) is 4.57 Å². The number of rotatable bonds is 6. The topological polar surface area (TPSA) is 130 Å². The molecule has 0 fully saturated rings. The number of benzene rings is 2. The van der Waals surface area contributed by atoms with Gasteiger partial charge in [-0.3, -0.25) is 9.27 Å². The lowest BCUT2D eigenvalue weighted by Gasteiger charge is -2.18. The molecule has 0 saturated carbocycles. The largest absolute Gasteiger partial charge is 0.494 e. The molecule has 0 aliphatic rings. The first kappa shape index (κ1) is 19.3. The van der Waals surface area contributed by atoms with Crippen LogP contribution in [0.25, 0.3) is 5.69 Å². The van der Waals surface area contributed by atoms with Crippen molar-refractivity contribution in [3.05, 3.63) is 60.2 Å². The zero-order valence-electron chi connectivity index (χ0n) is 14.5. The Morgan fingerprint density at radius 3 is 2.29 bits per heavy atom. The maximum Gasteiger partial charge on any atom is 0.338 e. The van der Waals surface area contributed by atoms with Crippen LogP contribution in [0, 0.1) is 0 Å². The molecule has 2 aromatic carbocycles. The number of aromatic nitrogens is 1. The number of ether oxygens (including phenoxy) is 2. The number of aromatic hydroxyl groups is 2. The monoisotopic (exact) mass is 404 g/mol. The first-order valence-electron chi connectivity index (χ1n) is 7.87. The van der Waals surface area contributed by atoms with Crippen LogP contribution in [0.15, 0.2) is 54.6 Å². The van der Waals surface area contributed by atoms with E-state index in [4.69, 9.17) is 9.47 Å². The molecule has 3 aromatic rings. The van der Waals surface area contributed by atoms with Crippen molar-refractivity contribution >= 4 is 22.9 Å². The second-order valence-corrected chi connectivity index (χ2v) is 6.22. The molecule has 1 heterocycles. The van der Waals surface area contributed by atoms with Gasteiger partial charge in [0, 0.05) is 12.1 Å². The predicted molar refractivity (Wildman–Crippen MR) is 101 cm³/mol. The first-order chi connectivity index (χ1) is 13.4. The van der Waals surface area contributed by atoms with Crippen LogP contribution in [-0.2, 0) is 16.0 Å². The zero-order chi connectivity index (χ0) is 20.3. The number of esters is 1. The van der Waals surface area contributed by atoms with Crippen LogP contribution in [0.4, 0.5) is 5.69 Å². The van der Waals surface area contributed by atoms with Gasteiger partial charge in [0.25, 0.3) is 11.3 Å². The summed E-state index contributed by atoms with van der Waals surface area (Å²) >= 11 is -2.49. The number of hydrogen-bond donors (Lipinski definition) is 4. The molecule has 10 heteroatoms. The van der Waals surface area contributed by atoms with E-state index in [1.165, 1.54) is 31.4 Å². The summed E-state index contributed by atoms with van der Waals surface area (Å²) < 4.78 is 34.5. The summed E-state index contributed by atoms with van der Waals surface area (Å²) in [5, 5.41) is 20.3. The van der Waals surface area contributed by atoms with Gasteiger partial charge >= 0.3 is 5.97 Å². The molecule has 0 bridgehead atoms. The Morgan fingerprint density at radius 2 is 1.71 bits per heavy atom. The molecule has 1 atom stereocenters. The van der Waals surface area contributed by atoms with Crippen LogP contribution < -0.4 is 9.46 Å². The number of carbonyl (C=O) groups is 1. The van der Waals surface area contributed by atoms with Crippen LogP contribution in [0.1, 0.15) is 10.4 Å². The summed E-state index contributed by atoms with van der Waals surface area (Å²) in [6, 6.07) is 13.6. The number of anilines is 1. The van der Waals surface area contributed by atoms with Gasteiger partial charge in [0.1, 0.15) is 5.75 Å². The Hall–Kier alpha value is -3.50. The minimum absolute atomic E-state index is 0.00152. The van der Waals surface area contributed by atoms with Gasteiger partial charge in [0.2, 0.25) is 0 Å². The smallest absolute Gasteiger partial charge is 0.338 e. The van der Waals surface area contributed by atoms with Crippen molar-refractivity contribution in [1.82, 2.24) is 4.57 Å². The van der Waals surface area contributed by atoms with E-state index < -0.39 is 17.2 Å². The van der Waals surface area contributed by atoms with E-state index in [1.807, 2.05) is 0 Å². The Morgan fingerprint density at radius 1 is 1.07 bits per heavy atom. The van der Waals surface area contributed by atoms with Gasteiger partial charge in [0.15, 0.2) is 17.5 Å². The van der Waals surface area contributed by atoms with Gasteiger partial charge < -0.3 is 19.7 Å². The summed E-state index contributed by atoms with van der Waals surface area (Å²) in [7, 11) is 1.18. The normalized spacial score (nSPS) is 11.6. The van der Waals surface area contributed by atoms with Gasteiger partial charge in [-0.15, -0.1) is 0 Å². The molecule has 0 aliphatic heterocycles. The van der Waals surface area contributed by atoms with Crippen LogP contribution in [0.2, 0.25) is 0 Å². The van der Waals surface area contributed by atoms with Crippen molar-refractivity contribution in [2.45, 2.75) is 0 Å². The SMILES string of the molecule is COC(=O)c1cc(NS(=O)O)c(Oc2ccccc2)c(-n2c(O)ccc2O)c1. The second-order valence-electron chi connectivity index (χ2n) is 5.52. The van der Waals surface area contributed by atoms with E-state index in [9.17, 15) is 23.8 Å². The number of carbonyl (C=O) groups excluding carboxylic acids is 1. The molecule has 9 nitrogen and oxygen atoms in total. The highest BCUT2D eigenvalue weighted by atomic mass is 32.2. The Bertz CT molecular complexity index is 1010. The minimum atomic E-state index is -2.49. The molecule has 3 rings (SSSR count). The molecule has 0 radical (unpaired) electrons. The third kappa shape index (κ3) is 3.92. The molecule has 4 N–H and O–H groups in total. The van der Waals surface area contributed by atoms with Gasteiger partial charge in [-0.05, 0) is 24.3 Å². The van der Waals surface area contributed by atoms with E-state index in [2.05, 4.69) is 4.72 Å². The molecule has 0 spiro atoms. The lowest BCUT2D eigenvalue weighted by Crippen LogP contribution is -2.10. The van der Waals surface area contributed by atoms with Crippen molar-refractivity contribution in [3.8, 4) is 28.9 Å². The fourth-order valence-corrected chi connectivity index (χ4v) is 2.90. The van der Waals surface area contributed by atoms with E-state index in [-0.39, 0.29) is 34.4 Å². The molecule has 0 amide bonds. The third-order valence-electron chi connectivity index (χ3n) is 3.73. The molecule has 146 valence electrons. The van der Waals surface area contributed by atoms with Crippen LogP contribution in [0.5, 0.6) is 23.3 Å². The maximum absolute atomic E-state index is 12.0. The maximum atomic E-state index is 12.0. The lowest BCUT2D eigenvalue weighted by molar-refractivity contribution is 0.0600. The molecular formula is C18H16N2O7S. The summed E-state index contributed by atoms with van der Waals surface area (Å²) in [5.74, 6) is -1.04. The molecule has 1 aromatic heterocycles. The number of hydrogen-bond acceptors (Lipinski definition) is 6. The van der Waals surface area contributed by atoms with Gasteiger partial charge in [-0.2, -0.15) is 0 Å². The molecule has 1 unspecified atom stereocenters. The second kappa shape index (κ2) is 8.03. The van der Waals surface area contributed by atoms with Crippen molar-refractivity contribution in [2.75, 3.05) is 11.8 Å². The van der Waals surface area contributed by atoms with Crippen LogP contribution in [-0.4, -0.2) is 36.6 Å². The van der Waals surface area contributed by atoms with Gasteiger partial charge in [0.05, 0.1) is 24.0 Å². The first-order valence-corrected chi connectivity index (χ1v) is 8.98. The van der Waals surface area contributed by atoms with Crippen LogP contribution in [0.3, 0.4) is 0 Å². The zero-order valence-corrected chi connectivity index (χ0v) is 15.3. The number of para-hydroxylation sites is 1. The molecular weight excluding hydrogens is 388 g/mol. The average molecular weight is 404 g/mol. The summed E-state index contributed by atoms with van der Waals surface area (Å²) in [4.78, 5) is 12.0. The minimum Gasteiger partial charge on any atom is -0.494 e. The third-order valence-corrected chi connectivity index (χ3v) is 4.13. The van der Waals surface area contributed by atoms with E-state index in [1.54, 1.807) is 30.3 Å². The fourth-order valence-electron chi connectivity index (χ4n) is 2.56. The van der Waals surface area contributed by atoms with Gasteiger partial charge in [-0.25, -0.2) is 13.6 Å². The fraction of sp³-hybridized carbons (Fsp3) is 0.0556. The summed E-state index contributed by atoms with van der Waals surface area (Å²) in [6.45, 7) is 0. The van der Waals surface area contributed by atoms with E-state index in [0.29, 0.717) is 5.75 Å². The van der Waals surface area contributed by atoms with Crippen molar-refractivity contribution in [3.63, 3.8) is 0 Å². The summed E-state index contributed by atoms with van der Waals surface area (Å²) in [5.41, 5.74) is 0.00755. The van der Waals surface area contributed by atoms with Crippen molar-refractivity contribution in [2.24, 2.45) is 0 Å². The average Bonchev–Trinajstić information content (AvgIpc) is 3.01.